The number of ether oxygens (including phenoxy) is 1. The fourth-order valence-electron chi connectivity index (χ4n) is 5.57. The van der Waals surface area contributed by atoms with Crippen molar-refractivity contribution in [3.05, 3.63) is 35.9 Å². The number of nitrogens with zero attached hydrogens (tertiary/aromatic N) is 1. The Bertz CT molecular complexity index is 650. The first-order valence-electron chi connectivity index (χ1n) is 11.7. The van der Waals surface area contributed by atoms with Crippen molar-refractivity contribution >= 4 is 5.91 Å². The molecule has 4 atom stereocenters. The molecular formula is C25H40N2O3. The van der Waals surface area contributed by atoms with Crippen molar-refractivity contribution in [2.75, 3.05) is 39.4 Å². The van der Waals surface area contributed by atoms with Crippen LogP contribution in [0.3, 0.4) is 0 Å². The standard InChI is InChI=1S/C25H40N2O3/c1-19(2)25(21-8-5-4-6-9-21,22-16-20(3)23(28)17-22)18-24(29)26-10-7-11-27-12-14-30-15-13-27/h4-6,8-9,19-20,22-23,28H,7,10-18H2,1-3H3,(H,26,29). The number of rotatable bonds is 9. The summed E-state index contributed by atoms with van der Waals surface area (Å²) in [6.07, 6.45) is 2.92. The Balaban J connectivity index is 1.66. The van der Waals surface area contributed by atoms with Gasteiger partial charge in [0.1, 0.15) is 0 Å². The average molecular weight is 417 g/mol. The Kier molecular flexibility index (Phi) is 8.32. The van der Waals surface area contributed by atoms with E-state index in [0.29, 0.717) is 24.8 Å². The van der Waals surface area contributed by atoms with Crippen LogP contribution in [0.5, 0.6) is 0 Å². The smallest absolute Gasteiger partial charge is 0.220 e. The summed E-state index contributed by atoms with van der Waals surface area (Å²) in [6, 6.07) is 10.5. The van der Waals surface area contributed by atoms with Crippen LogP contribution < -0.4 is 5.32 Å². The van der Waals surface area contributed by atoms with Crippen molar-refractivity contribution < 1.29 is 14.6 Å². The Morgan fingerprint density at radius 1 is 1.23 bits per heavy atom. The molecule has 1 amide bonds. The molecule has 1 aliphatic carbocycles. The molecule has 1 aromatic rings. The van der Waals surface area contributed by atoms with Gasteiger partial charge in [0.25, 0.3) is 0 Å². The van der Waals surface area contributed by atoms with E-state index in [4.69, 9.17) is 4.74 Å². The molecule has 1 heterocycles. The minimum Gasteiger partial charge on any atom is -0.393 e. The zero-order valence-electron chi connectivity index (χ0n) is 19.0. The molecule has 2 aliphatic rings. The number of benzene rings is 1. The van der Waals surface area contributed by atoms with Crippen LogP contribution in [0.25, 0.3) is 0 Å². The third kappa shape index (κ3) is 5.43. The molecule has 4 unspecified atom stereocenters. The van der Waals surface area contributed by atoms with Crippen LogP contribution >= 0.6 is 0 Å². The highest BCUT2D eigenvalue weighted by atomic mass is 16.5. The minimum absolute atomic E-state index is 0.128. The lowest BCUT2D eigenvalue weighted by Gasteiger charge is -2.43. The van der Waals surface area contributed by atoms with Crippen LogP contribution in [0, 0.1) is 17.8 Å². The normalized spacial score (nSPS) is 27.2. The number of carbonyl (C=O) groups is 1. The zero-order chi connectivity index (χ0) is 21.6. The number of amides is 1. The fraction of sp³-hybridized carbons (Fsp3) is 0.720. The molecule has 1 aliphatic heterocycles. The summed E-state index contributed by atoms with van der Waals surface area (Å²) in [5, 5.41) is 13.7. The maximum atomic E-state index is 13.1. The van der Waals surface area contributed by atoms with E-state index in [9.17, 15) is 9.90 Å². The lowest BCUT2D eigenvalue weighted by Crippen LogP contribution is -2.44. The molecule has 5 heteroatoms. The van der Waals surface area contributed by atoms with Gasteiger partial charge in [0.15, 0.2) is 0 Å². The number of hydrogen-bond acceptors (Lipinski definition) is 4. The fourth-order valence-corrected chi connectivity index (χ4v) is 5.57. The molecule has 1 aromatic carbocycles. The van der Waals surface area contributed by atoms with Gasteiger partial charge in [0, 0.05) is 31.5 Å². The van der Waals surface area contributed by atoms with Crippen LogP contribution in [0.15, 0.2) is 30.3 Å². The summed E-state index contributed by atoms with van der Waals surface area (Å²) in [5.74, 6) is 1.03. The average Bonchev–Trinajstić information content (AvgIpc) is 3.09. The number of aliphatic hydroxyl groups excluding tert-OH is 1. The molecule has 0 bridgehead atoms. The summed E-state index contributed by atoms with van der Waals surface area (Å²) >= 11 is 0. The number of nitrogens with one attached hydrogen (secondary N) is 1. The predicted octanol–water partition coefficient (Wildman–Crippen LogP) is 3.22. The third-order valence-corrected chi connectivity index (χ3v) is 7.44. The lowest BCUT2D eigenvalue weighted by atomic mass is 9.60. The van der Waals surface area contributed by atoms with Crippen molar-refractivity contribution in [2.45, 2.75) is 58.0 Å². The van der Waals surface area contributed by atoms with Crippen molar-refractivity contribution in [1.29, 1.82) is 0 Å². The maximum absolute atomic E-state index is 13.1. The van der Waals surface area contributed by atoms with Crippen LogP contribution in [0.1, 0.15) is 52.0 Å². The molecule has 5 nitrogen and oxygen atoms in total. The van der Waals surface area contributed by atoms with E-state index >= 15 is 0 Å². The molecule has 0 aromatic heterocycles. The zero-order valence-corrected chi connectivity index (χ0v) is 19.0. The van der Waals surface area contributed by atoms with E-state index in [2.05, 4.69) is 55.3 Å². The first-order valence-corrected chi connectivity index (χ1v) is 11.7. The second-order valence-electron chi connectivity index (χ2n) is 9.61. The Hall–Kier alpha value is -1.43. The van der Waals surface area contributed by atoms with Gasteiger partial charge in [-0.1, -0.05) is 51.1 Å². The largest absolute Gasteiger partial charge is 0.393 e. The highest BCUT2D eigenvalue weighted by molar-refractivity contribution is 5.77. The van der Waals surface area contributed by atoms with Gasteiger partial charge >= 0.3 is 0 Å². The first-order chi connectivity index (χ1) is 14.4. The van der Waals surface area contributed by atoms with Crippen molar-refractivity contribution in [1.82, 2.24) is 10.2 Å². The minimum atomic E-state index is -0.270. The number of carbonyl (C=O) groups excluding carboxylic acids is 1. The van der Waals surface area contributed by atoms with Gasteiger partial charge in [-0.05, 0) is 49.1 Å². The molecule has 30 heavy (non-hydrogen) atoms. The van der Waals surface area contributed by atoms with Crippen LogP contribution in [-0.2, 0) is 14.9 Å². The van der Waals surface area contributed by atoms with Gasteiger partial charge in [-0.15, -0.1) is 0 Å². The van der Waals surface area contributed by atoms with Crippen LogP contribution in [0.2, 0.25) is 0 Å². The SMILES string of the molecule is CC1CC(C(CC(=O)NCCCN2CCOCC2)(c2ccccc2)C(C)C)CC1O. The number of aliphatic hydroxyl groups is 1. The summed E-state index contributed by atoms with van der Waals surface area (Å²) in [7, 11) is 0. The highest BCUT2D eigenvalue weighted by Gasteiger charge is 2.48. The van der Waals surface area contributed by atoms with Crippen LogP contribution in [0.4, 0.5) is 0 Å². The first kappa shape index (κ1) is 23.2. The molecule has 2 N–H and O–H groups in total. The molecule has 0 spiro atoms. The molecule has 2 fully saturated rings. The number of morpholine rings is 1. The van der Waals surface area contributed by atoms with Gasteiger partial charge in [-0.2, -0.15) is 0 Å². The van der Waals surface area contributed by atoms with Gasteiger partial charge in [-0.25, -0.2) is 0 Å². The molecular weight excluding hydrogens is 376 g/mol. The molecule has 0 radical (unpaired) electrons. The lowest BCUT2D eigenvalue weighted by molar-refractivity contribution is -0.123. The summed E-state index contributed by atoms with van der Waals surface area (Å²) in [4.78, 5) is 15.5. The highest BCUT2D eigenvalue weighted by Crippen LogP contribution is 2.50. The third-order valence-electron chi connectivity index (χ3n) is 7.44. The molecule has 3 rings (SSSR count). The van der Waals surface area contributed by atoms with E-state index in [1.807, 2.05) is 6.07 Å². The van der Waals surface area contributed by atoms with Crippen molar-refractivity contribution in [3.63, 3.8) is 0 Å². The Morgan fingerprint density at radius 3 is 2.53 bits per heavy atom. The quantitative estimate of drug-likeness (QED) is 0.607. The molecule has 1 saturated carbocycles. The van der Waals surface area contributed by atoms with Gasteiger partial charge in [-0.3, -0.25) is 9.69 Å². The van der Waals surface area contributed by atoms with E-state index in [0.717, 1.165) is 52.1 Å². The monoisotopic (exact) mass is 416 g/mol. The van der Waals surface area contributed by atoms with E-state index in [1.54, 1.807) is 0 Å². The number of hydrogen-bond donors (Lipinski definition) is 2. The second kappa shape index (κ2) is 10.7. The van der Waals surface area contributed by atoms with Gasteiger partial charge in [0.2, 0.25) is 5.91 Å². The second-order valence-corrected chi connectivity index (χ2v) is 9.61. The van der Waals surface area contributed by atoms with Crippen molar-refractivity contribution in [2.24, 2.45) is 17.8 Å². The molecule has 1 saturated heterocycles. The van der Waals surface area contributed by atoms with E-state index in [1.165, 1.54) is 5.56 Å². The predicted molar refractivity (Wildman–Crippen MR) is 120 cm³/mol. The maximum Gasteiger partial charge on any atom is 0.220 e. The van der Waals surface area contributed by atoms with E-state index in [-0.39, 0.29) is 23.3 Å². The van der Waals surface area contributed by atoms with Crippen molar-refractivity contribution in [3.8, 4) is 0 Å². The van der Waals surface area contributed by atoms with Gasteiger partial charge in [0.05, 0.1) is 19.3 Å². The molecule has 168 valence electrons. The Labute approximate surface area is 182 Å². The topological polar surface area (TPSA) is 61.8 Å². The Morgan fingerprint density at radius 2 is 1.93 bits per heavy atom. The van der Waals surface area contributed by atoms with Crippen LogP contribution in [-0.4, -0.2) is 61.4 Å². The van der Waals surface area contributed by atoms with E-state index < -0.39 is 0 Å². The summed E-state index contributed by atoms with van der Waals surface area (Å²) in [5.41, 5.74) is 0.983. The summed E-state index contributed by atoms with van der Waals surface area (Å²) in [6.45, 7) is 11.9. The van der Waals surface area contributed by atoms with Gasteiger partial charge < -0.3 is 15.2 Å². The summed E-state index contributed by atoms with van der Waals surface area (Å²) < 4.78 is 5.40.